The van der Waals surface area contributed by atoms with E-state index in [4.69, 9.17) is 11.6 Å². The molecular formula is C12H13ClFIN2O. The van der Waals surface area contributed by atoms with Gasteiger partial charge in [0.15, 0.2) is 0 Å². The van der Waals surface area contributed by atoms with Crippen molar-refractivity contribution >= 4 is 40.1 Å². The largest absolute Gasteiger partial charge is 0.333 e. The third-order valence-corrected chi connectivity index (χ3v) is 4.14. The number of hydrogen-bond acceptors (Lipinski definition) is 2. The first-order chi connectivity index (χ1) is 8.50. The van der Waals surface area contributed by atoms with Crippen LogP contribution in [0.4, 0.5) is 4.39 Å². The quantitative estimate of drug-likeness (QED) is 0.598. The van der Waals surface area contributed by atoms with Crippen LogP contribution in [0.1, 0.15) is 17.3 Å². The maximum Gasteiger partial charge on any atom is 0.255 e. The summed E-state index contributed by atoms with van der Waals surface area (Å²) in [7, 11) is 0. The van der Waals surface area contributed by atoms with Gasteiger partial charge in [-0.15, -0.1) is 0 Å². The maximum atomic E-state index is 13.3. The highest BCUT2D eigenvalue weighted by Crippen LogP contribution is 2.24. The molecule has 3 nitrogen and oxygen atoms in total. The van der Waals surface area contributed by atoms with Crippen molar-refractivity contribution in [2.45, 2.75) is 13.0 Å². The molecule has 2 rings (SSSR count). The topological polar surface area (TPSA) is 32.3 Å². The monoisotopic (exact) mass is 382 g/mol. The first-order valence-corrected chi connectivity index (χ1v) is 7.12. The van der Waals surface area contributed by atoms with E-state index in [1.165, 1.54) is 12.1 Å². The van der Waals surface area contributed by atoms with E-state index >= 15 is 0 Å². The van der Waals surface area contributed by atoms with Crippen LogP contribution in [0.5, 0.6) is 0 Å². The molecule has 0 radical (unpaired) electrons. The van der Waals surface area contributed by atoms with Crippen LogP contribution in [0.3, 0.4) is 0 Å². The standard InChI is InChI=1S/C12H13ClFIN2O/c1-7-6-16-2-3-17(7)12(18)8-4-11(15)10(14)5-9(8)13/h4-5,7,16H,2-3,6H2,1H3. The molecule has 98 valence electrons. The average molecular weight is 383 g/mol. The minimum absolute atomic E-state index is 0.116. The average Bonchev–Trinajstić information content (AvgIpc) is 2.33. The molecule has 0 bridgehead atoms. The molecule has 6 heteroatoms. The molecule has 1 unspecified atom stereocenters. The Bertz CT molecular complexity index is 483. The summed E-state index contributed by atoms with van der Waals surface area (Å²) >= 11 is 7.82. The smallest absolute Gasteiger partial charge is 0.255 e. The van der Waals surface area contributed by atoms with Crippen LogP contribution in [-0.2, 0) is 0 Å². The maximum absolute atomic E-state index is 13.3. The fourth-order valence-electron chi connectivity index (χ4n) is 1.98. The van der Waals surface area contributed by atoms with Gasteiger partial charge in [0, 0.05) is 29.2 Å². The second kappa shape index (κ2) is 5.71. The second-order valence-electron chi connectivity index (χ2n) is 4.30. The van der Waals surface area contributed by atoms with E-state index in [9.17, 15) is 9.18 Å². The highest BCUT2D eigenvalue weighted by atomic mass is 127. The Morgan fingerprint density at radius 1 is 1.61 bits per heavy atom. The van der Waals surface area contributed by atoms with Crippen molar-refractivity contribution in [2.75, 3.05) is 19.6 Å². The van der Waals surface area contributed by atoms with Gasteiger partial charge in [-0.05, 0) is 41.6 Å². The zero-order valence-corrected chi connectivity index (χ0v) is 12.8. The van der Waals surface area contributed by atoms with E-state index in [2.05, 4.69) is 5.32 Å². The van der Waals surface area contributed by atoms with Crippen molar-refractivity contribution in [1.29, 1.82) is 0 Å². The molecule has 0 saturated carbocycles. The van der Waals surface area contributed by atoms with Gasteiger partial charge in [0.25, 0.3) is 5.91 Å². The Morgan fingerprint density at radius 3 is 3.00 bits per heavy atom. The van der Waals surface area contributed by atoms with E-state index in [-0.39, 0.29) is 17.0 Å². The van der Waals surface area contributed by atoms with E-state index in [0.717, 1.165) is 13.1 Å². The van der Waals surface area contributed by atoms with Crippen LogP contribution >= 0.6 is 34.2 Å². The molecule has 0 spiro atoms. The van der Waals surface area contributed by atoms with Crippen molar-refractivity contribution in [2.24, 2.45) is 0 Å². The first-order valence-electron chi connectivity index (χ1n) is 5.67. The van der Waals surface area contributed by atoms with Crippen LogP contribution in [0.25, 0.3) is 0 Å². The van der Waals surface area contributed by atoms with Gasteiger partial charge in [-0.25, -0.2) is 4.39 Å². The van der Waals surface area contributed by atoms with Crippen molar-refractivity contribution < 1.29 is 9.18 Å². The molecule has 1 fully saturated rings. The SMILES string of the molecule is CC1CNCCN1C(=O)c1cc(I)c(F)cc1Cl. The molecule has 1 aliphatic heterocycles. The lowest BCUT2D eigenvalue weighted by Crippen LogP contribution is -2.52. The van der Waals surface area contributed by atoms with Crippen molar-refractivity contribution in [3.63, 3.8) is 0 Å². The Balaban J connectivity index is 2.30. The van der Waals surface area contributed by atoms with Gasteiger partial charge >= 0.3 is 0 Å². The second-order valence-corrected chi connectivity index (χ2v) is 5.87. The first kappa shape index (κ1) is 14.0. The van der Waals surface area contributed by atoms with E-state index in [1.807, 2.05) is 29.5 Å². The van der Waals surface area contributed by atoms with Crippen LogP contribution in [0, 0.1) is 9.39 Å². The van der Waals surface area contributed by atoms with Crippen LogP contribution in [0.2, 0.25) is 5.02 Å². The zero-order chi connectivity index (χ0) is 13.3. The van der Waals surface area contributed by atoms with Crippen molar-refractivity contribution in [1.82, 2.24) is 10.2 Å². The molecule has 1 atom stereocenters. The van der Waals surface area contributed by atoms with E-state index in [1.54, 1.807) is 4.90 Å². The van der Waals surface area contributed by atoms with E-state index in [0.29, 0.717) is 15.7 Å². The Labute approximate surface area is 124 Å². The summed E-state index contributed by atoms with van der Waals surface area (Å²) in [5.41, 5.74) is 0.371. The highest BCUT2D eigenvalue weighted by Gasteiger charge is 2.26. The molecule has 18 heavy (non-hydrogen) atoms. The lowest BCUT2D eigenvalue weighted by Gasteiger charge is -2.34. The molecule has 1 aliphatic rings. The summed E-state index contributed by atoms with van der Waals surface area (Å²) in [6, 6.07) is 2.82. The zero-order valence-electron chi connectivity index (χ0n) is 9.84. The molecule has 0 aliphatic carbocycles. The number of benzene rings is 1. The van der Waals surface area contributed by atoms with Gasteiger partial charge in [0.2, 0.25) is 0 Å². The van der Waals surface area contributed by atoms with E-state index < -0.39 is 5.82 Å². The van der Waals surface area contributed by atoms with Gasteiger partial charge in [0.05, 0.1) is 10.6 Å². The predicted molar refractivity (Wildman–Crippen MR) is 77.5 cm³/mol. The van der Waals surface area contributed by atoms with Gasteiger partial charge in [0.1, 0.15) is 5.82 Å². The van der Waals surface area contributed by atoms with Crippen molar-refractivity contribution in [3.05, 3.63) is 32.1 Å². The Morgan fingerprint density at radius 2 is 2.33 bits per heavy atom. The molecule has 0 aromatic heterocycles. The molecule has 1 N–H and O–H groups in total. The van der Waals surface area contributed by atoms with Crippen LogP contribution < -0.4 is 5.32 Å². The summed E-state index contributed by atoms with van der Waals surface area (Å²) in [6.45, 7) is 4.16. The third kappa shape index (κ3) is 2.78. The Kier molecular flexibility index (Phi) is 4.45. The van der Waals surface area contributed by atoms with Crippen LogP contribution in [-0.4, -0.2) is 36.5 Å². The summed E-state index contributed by atoms with van der Waals surface area (Å²) in [4.78, 5) is 14.2. The third-order valence-electron chi connectivity index (χ3n) is 3.00. The molecular weight excluding hydrogens is 370 g/mol. The van der Waals surface area contributed by atoms with Crippen molar-refractivity contribution in [3.8, 4) is 0 Å². The van der Waals surface area contributed by atoms with Gasteiger partial charge in [-0.3, -0.25) is 4.79 Å². The lowest BCUT2D eigenvalue weighted by atomic mass is 10.1. The predicted octanol–water partition coefficient (Wildman–Crippen LogP) is 2.52. The number of amides is 1. The normalized spacial score (nSPS) is 20.0. The van der Waals surface area contributed by atoms with Gasteiger partial charge in [-0.2, -0.15) is 0 Å². The fraction of sp³-hybridized carbons (Fsp3) is 0.417. The van der Waals surface area contributed by atoms with Gasteiger partial charge < -0.3 is 10.2 Å². The highest BCUT2D eigenvalue weighted by molar-refractivity contribution is 14.1. The number of hydrogen-bond donors (Lipinski definition) is 1. The summed E-state index contributed by atoms with van der Waals surface area (Å²) < 4.78 is 13.7. The summed E-state index contributed by atoms with van der Waals surface area (Å²) in [6.07, 6.45) is 0. The molecule has 1 saturated heterocycles. The minimum Gasteiger partial charge on any atom is -0.333 e. The number of piperazine rings is 1. The number of nitrogens with one attached hydrogen (secondary N) is 1. The number of nitrogens with zero attached hydrogens (tertiary/aromatic N) is 1. The molecule has 1 aromatic rings. The fourth-order valence-corrected chi connectivity index (χ4v) is 2.68. The number of carbonyl (C=O) groups excluding carboxylic acids is 1. The lowest BCUT2D eigenvalue weighted by molar-refractivity contribution is 0.0656. The summed E-state index contributed by atoms with van der Waals surface area (Å²) in [5, 5.41) is 3.39. The molecule has 1 aromatic carbocycles. The Hall–Kier alpha value is -0.400. The number of rotatable bonds is 1. The minimum atomic E-state index is -0.398. The molecule has 1 amide bonds. The van der Waals surface area contributed by atoms with Gasteiger partial charge in [-0.1, -0.05) is 11.6 Å². The number of carbonyl (C=O) groups is 1. The van der Waals surface area contributed by atoms with Crippen LogP contribution in [0.15, 0.2) is 12.1 Å². The number of halogens is 3. The molecule has 1 heterocycles. The summed E-state index contributed by atoms with van der Waals surface area (Å²) in [5.74, 6) is -0.530.